The van der Waals surface area contributed by atoms with Crippen LogP contribution in [0.5, 0.6) is 0 Å². The predicted octanol–water partition coefficient (Wildman–Crippen LogP) is 5.04. The van der Waals surface area contributed by atoms with E-state index in [1.807, 2.05) is 17.8 Å². The van der Waals surface area contributed by atoms with Crippen molar-refractivity contribution in [3.8, 4) is 0 Å². The maximum atomic E-state index is 6.14. The van der Waals surface area contributed by atoms with E-state index in [9.17, 15) is 0 Å². The lowest BCUT2D eigenvalue weighted by Crippen LogP contribution is -2.21. The van der Waals surface area contributed by atoms with Crippen LogP contribution >= 0.6 is 23.4 Å². The number of benzene rings is 1. The summed E-state index contributed by atoms with van der Waals surface area (Å²) < 4.78 is 0. The molecule has 0 amide bonds. The third-order valence-corrected chi connectivity index (χ3v) is 5.57. The third kappa shape index (κ3) is 4.70. The lowest BCUT2D eigenvalue weighted by molar-refractivity contribution is 0.516. The van der Waals surface area contributed by atoms with Crippen LogP contribution in [-0.4, -0.2) is 11.3 Å². The van der Waals surface area contributed by atoms with Crippen molar-refractivity contribution in [3.63, 3.8) is 0 Å². The van der Waals surface area contributed by atoms with Gasteiger partial charge in [0.2, 0.25) is 0 Å². The van der Waals surface area contributed by atoms with Crippen LogP contribution in [0.4, 0.5) is 0 Å². The maximum absolute atomic E-state index is 6.14. The largest absolute Gasteiger partial charge is 0.327 e. The van der Waals surface area contributed by atoms with Crippen molar-refractivity contribution < 1.29 is 0 Å². The molecule has 1 aliphatic carbocycles. The summed E-state index contributed by atoms with van der Waals surface area (Å²) in [7, 11) is 0. The zero-order valence-electron chi connectivity index (χ0n) is 11.7. The van der Waals surface area contributed by atoms with Gasteiger partial charge in [-0.05, 0) is 49.4 Å². The minimum absolute atomic E-state index is 0.240. The van der Waals surface area contributed by atoms with Crippen LogP contribution in [-0.2, 0) is 6.42 Å². The van der Waals surface area contributed by atoms with E-state index in [0.717, 1.165) is 23.1 Å². The molecule has 0 bridgehead atoms. The van der Waals surface area contributed by atoms with Crippen LogP contribution in [0, 0.1) is 0 Å². The molecular formula is C16H24ClNS. The number of nitrogens with two attached hydrogens (primary N) is 1. The second kappa shape index (κ2) is 7.56. The lowest BCUT2D eigenvalue weighted by atomic mass is 10.0. The first kappa shape index (κ1) is 15.2. The van der Waals surface area contributed by atoms with Gasteiger partial charge < -0.3 is 5.73 Å². The van der Waals surface area contributed by atoms with Crippen LogP contribution in [0.15, 0.2) is 23.1 Å². The van der Waals surface area contributed by atoms with Gasteiger partial charge in [0.25, 0.3) is 0 Å². The average molecular weight is 298 g/mol. The molecule has 1 aliphatic rings. The Hall–Kier alpha value is -0.180. The molecule has 1 aromatic carbocycles. The van der Waals surface area contributed by atoms with E-state index < -0.39 is 0 Å². The first-order chi connectivity index (χ1) is 9.19. The van der Waals surface area contributed by atoms with Gasteiger partial charge in [0.15, 0.2) is 0 Å². The smallest absolute Gasteiger partial charge is 0.0409 e. The highest BCUT2D eigenvalue weighted by Gasteiger charge is 2.17. The summed E-state index contributed by atoms with van der Waals surface area (Å²) in [6, 6.07) is 6.53. The molecule has 0 aromatic heterocycles. The van der Waals surface area contributed by atoms with Gasteiger partial charge in [-0.2, -0.15) is 0 Å². The minimum atomic E-state index is 0.240. The molecule has 0 radical (unpaired) electrons. The van der Waals surface area contributed by atoms with Crippen LogP contribution in [0.2, 0.25) is 5.02 Å². The van der Waals surface area contributed by atoms with Crippen LogP contribution in [0.25, 0.3) is 0 Å². The van der Waals surface area contributed by atoms with Crippen LogP contribution < -0.4 is 5.73 Å². The zero-order chi connectivity index (χ0) is 13.7. The van der Waals surface area contributed by atoms with Crippen molar-refractivity contribution in [2.75, 3.05) is 0 Å². The fourth-order valence-electron chi connectivity index (χ4n) is 2.61. The number of hydrogen-bond acceptors (Lipinski definition) is 2. The summed E-state index contributed by atoms with van der Waals surface area (Å²) in [5.74, 6) is 0. The molecule has 0 spiro atoms. The number of thioether (sulfide) groups is 1. The summed E-state index contributed by atoms with van der Waals surface area (Å²) in [6.45, 7) is 2.14. The van der Waals surface area contributed by atoms with E-state index in [2.05, 4.69) is 19.1 Å². The second-order valence-electron chi connectivity index (χ2n) is 5.50. The standard InChI is InChI=1S/C16H24ClNS/c1-2-14(18)11-12-10-13(17)8-9-16(12)19-15-6-4-3-5-7-15/h8-10,14-15H,2-7,11,18H2,1H3. The van der Waals surface area contributed by atoms with Gasteiger partial charge in [0, 0.05) is 21.2 Å². The highest BCUT2D eigenvalue weighted by Crippen LogP contribution is 2.36. The van der Waals surface area contributed by atoms with Crippen molar-refractivity contribution >= 4 is 23.4 Å². The molecule has 1 atom stereocenters. The van der Waals surface area contributed by atoms with E-state index in [0.29, 0.717) is 0 Å². The summed E-state index contributed by atoms with van der Waals surface area (Å²) in [4.78, 5) is 1.39. The normalized spacial score (nSPS) is 18.5. The third-order valence-electron chi connectivity index (χ3n) is 3.87. The van der Waals surface area contributed by atoms with Crippen molar-refractivity contribution in [2.45, 2.75) is 68.1 Å². The highest BCUT2D eigenvalue weighted by atomic mass is 35.5. The molecule has 1 nitrogen and oxygen atoms in total. The SMILES string of the molecule is CCC(N)Cc1cc(Cl)ccc1SC1CCCCC1. The van der Waals surface area contributed by atoms with E-state index in [1.54, 1.807) is 0 Å². The van der Waals surface area contributed by atoms with Gasteiger partial charge in [-0.1, -0.05) is 37.8 Å². The number of halogens is 1. The summed E-state index contributed by atoms with van der Waals surface area (Å²) in [6.07, 6.45) is 8.83. The molecule has 1 unspecified atom stereocenters. The topological polar surface area (TPSA) is 26.0 Å². The molecule has 1 aromatic rings. The molecule has 2 rings (SSSR count). The highest BCUT2D eigenvalue weighted by molar-refractivity contribution is 8.00. The fraction of sp³-hybridized carbons (Fsp3) is 0.625. The predicted molar refractivity (Wildman–Crippen MR) is 86.2 cm³/mol. The van der Waals surface area contributed by atoms with Crippen molar-refractivity contribution in [1.29, 1.82) is 0 Å². The van der Waals surface area contributed by atoms with Crippen LogP contribution in [0.1, 0.15) is 51.0 Å². The van der Waals surface area contributed by atoms with Gasteiger partial charge in [0.1, 0.15) is 0 Å². The molecule has 1 fully saturated rings. The lowest BCUT2D eigenvalue weighted by Gasteiger charge is -2.23. The molecule has 2 N–H and O–H groups in total. The molecule has 1 saturated carbocycles. The Kier molecular flexibility index (Phi) is 6.06. The summed E-state index contributed by atoms with van der Waals surface area (Å²) >= 11 is 8.17. The fourth-order valence-corrected chi connectivity index (χ4v) is 4.17. The molecular weight excluding hydrogens is 274 g/mol. The Morgan fingerprint density at radius 1 is 1.32 bits per heavy atom. The average Bonchev–Trinajstić information content (AvgIpc) is 2.43. The van der Waals surface area contributed by atoms with Crippen molar-refractivity contribution in [1.82, 2.24) is 0 Å². The molecule has 106 valence electrons. The van der Waals surface area contributed by atoms with E-state index >= 15 is 0 Å². The monoisotopic (exact) mass is 297 g/mol. The van der Waals surface area contributed by atoms with Crippen molar-refractivity contribution in [2.24, 2.45) is 5.73 Å². The number of rotatable bonds is 5. The van der Waals surface area contributed by atoms with Crippen molar-refractivity contribution in [3.05, 3.63) is 28.8 Å². The molecule has 3 heteroatoms. The quantitative estimate of drug-likeness (QED) is 0.823. The first-order valence-electron chi connectivity index (χ1n) is 7.39. The Balaban J connectivity index is 2.09. The zero-order valence-corrected chi connectivity index (χ0v) is 13.3. The Labute approximate surface area is 126 Å². The second-order valence-corrected chi connectivity index (χ2v) is 7.28. The van der Waals surface area contributed by atoms with Crippen LogP contribution in [0.3, 0.4) is 0 Å². The van der Waals surface area contributed by atoms with E-state index in [1.165, 1.54) is 42.6 Å². The summed E-state index contributed by atoms with van der Waals surface area (Å²) in [5.41, 5.74) is 7.44. The Morgan fingerprint density at radius 3 is 2.74 bits per heavy atom. The first-order valence-corrected chi connectivity index (χ1v) is 8.65. The van der Waals surface area contributed by atoms with Gasteiger partial charge >= 0.3 is 0 Å². The van der Waals surface area contributed by atoms with Gasteiger partial charge in [-0.3, -0.25) is 0 Å². The molecule has 0 aliphatic heterocycles. The Morgan fingerprint density at radius 2 is 2.05 bits per heavy atom. The minimum Gasteiger partial charge on any atom is -0.327 e. The maximum Gasteiger partial charge on any atom is 0.0409 e. The van der Waals surface area contributed by atoms with E-state index in [4.69, 9.17) is 17.3 Å². The molecule has 0 heterocycles. The van der Waals surface area contributed by atoms with Gasteiger partial charge in [-0.25, -0.2) is 0 Å². The number of hydrogen-bond donors (Lipinski definition) is 1. The van der Waals surface area contributed by atoms with Gasteiger partial charge in [0.05, 0.1) is 0 Å². The van der Waals surface area contributed by atoms with Gasteiger partial charge in [-0.15, -0.1) is 11.8 Å². The molecule has 19 heavy (non-hydrogen) atoms. The van der Waals surface area contributed by atoms with E-state index in [-0.39, 0.29) is 6.04 Å². The molecule has 0 saturated heterocycles. The summed E-state index contributed by atoms with van der Waals surface area (Å²) in [5, 5.41) is 1.61. The Bertz CT molecular complexity index is 402.